The summed E-state index contributed by atoms with van der Waals surface area (Å²) in [7, 11) is 0. The average molecular weight is 506 g/mol. The van der Waals surface area contributed by atoms with Crippen LogP contribution < -0.4 is 15.0 Å². The van der Waals surface area contributed by atoms with Crippen molar-refractivity contribution in [1.29, 1.82) is 0 Å². The predicted octanol–water partition coefficient (Wildman–Crippen LogP) is 5.49. The van der Waals surface area contributed by atoms with Crippen LogP contribution in [0.15, 0.2) is 12.1 Å². The summed E-state index contributed by atoms with van der Waals surface area (Å²) in [6.45, 7) is 12.3. The Balaban J connectivity index is 0.00000342. The Kier molecular flexibility index (Phi) is 9.14. The highest BCUT2D eigenvalue weighted by molar-refractivity contribution is 6.05. The molecule has 3 aliphatic rings. The maximum absolute atomic E-state index is 13.8. The van der Waals surface area contributed by atoms with Crippen molar-refractivity contribution in [3.8, 4) is 5.75 Å². The third-order valence-electron chi connectivity index (χ3n) is 7.60. The minimum Gasteiger partial charge on any atom is -0.476 e. The Morgan fingerprint density at radius 2 is 1.94 bits per heavy atom. The largest absolute Gasteiger partial charge is 0.476 e. The number of carbonyl (C=O) groups is 2. The van der Waals surface area contributed by atoms with Crippen LogP contribution in [0.3, 0.4) is 0 Å². The Bertz CT molecular complexity index is 907. The van der Waals surface area contributed by atoms with E-state index in [0.29, 0.717) is 17.9 Å². The van der Waals surface area contributed by atoms with Crippen molar-refractivity contribution in [2.24, 2.45) is 5.92 Å². The van der Waals surface area contributed by atoms with Gasteiger partial charge in [-0.1, -0.05) is 32.1 Å². The number of amides is 2. The first kappa shape index (κ1) is 27.8. The first-order valence-electron chi connectivity index (χ1n) is 13.4. The molecular formula is C28H44ClN3O3. The molecule has 0 radical (unpaired) electrons. The van der Waals surface area contributed by atoms with Gasteiger partial charge in [-0.25, -0.2) is 0 Å². The monoisotopic (exact) mass is 505 g/mol. The van der Waals surface area contributed by atoms with Crippen LogP contribution in [0.5, 0.6) is 5.75 Å². The summed E-state index contributed by atoms with van der Waals surface area (Å²) in [4.78, 5) is 31.1. The van der Waals surface area contributed by atoms with Crippen LogP contribution in [0, 0.1) is 12.8 Å². The molecule has 2 heterocycles. The van der Waals surface area contributed by atoms with Crippen LogP contribution in [0.25, 0.3) is 0 Å². The fraction of sp³-hybridized carbons (Fsp3) is 0.714. The number of halogens is 1. The van der Waals surface area contributed by atoms with Gasteiger partial charge in [-0.2, -0.15) is 0 Å². The molecule has 0 unspecified atom stereocenters. The molecular weight excluding hydrogens is 462 g/mol. The number of unbranched alkanes of at least 4 members (excludes halogenated alkanes) is 2. The lowest BCUT2D eigenvalue weighted by Crippen LogP contribution is -2.53. The first-order chi connectivity index (χ1) is 16.2. The topological polar surface area (TPSA) is 61.9 Å². The number of hydrogen-bond donors (Lipinski definition) is 1. The maximum atomic E-state index is 13.8. The van der Waals surface area contributed by atoms with Crippen LogP contribution in [0.4, 0.5) is 5.69 Å². The molecule has 1 atom stereocenters. The number of ether oxygens (including phenoxy) is 1. The molecule has 1 saturated heterocycles. The highest BCUT2D eigenvalue weighted by Gasteiger charge is 2.41. The summed E-state index contributed by atoms with van der Waals surface area (Å²) in [6.07, 6.45) is 9.53. The molecule has 196 valence electrons. The van der Waals surface area contributed by atoms with E-state index in [-0.39, 0.29) is 36.3 Å². The van der Waals surface area contributed by atoms with Gasteiger partial charge in [0.25, 0.3) is 11.8 Å². The van der Waals surface area contributed by atoms with Gasteiger partial charge in [0.2, 0.25) is 0 Å². The normalized spacial score (nSPS) is 21.3. The van der Waals surface area contributed by atoms with E-state index in [1.165, 1.54) is 25.7 Å². The second kappa shape index (κ2) is 11.5. The van der Waals surface area contributed by atoms with Gasteiger partial charge in [-0.15, -0.1) is 12.4 Å². The molecule has 4 rings (SSSR count). The Morgan fingerprint density at radius 3 is 2.57 bits per heavy atom. The molecule has 0 bridgehead atoms. The zero-order chi connectivity index (χ0) is 24.5. The van der Waals surface area contributed by atoms with E-state index in [0.717, 1.165) is 55.9 Å². The highest BCUT2D eigenvalue weighted by atomic mass is 35.5. The number of aryl methyl sites for hydroxylation is 1. The SMILES string of the molecule is Cc1cc2c(cc1C(=O)N(C(C)C)[C@@H]1CCCNC1)N(CCCCCC1CC1)C(=O)C(C)(C)O2.Cl. The van der Waals surface area contributed by atoms with Gasteiger partial charge in [-0.05, 0) is 84.0 Å². The van der Waals surface area contributed by atoms with E-state index < -0.39 is 5.60 Å². The lowest BCUT2D eigenvalue weighted by Gasteiger charge is -2.40. The van der Waals surface area contributed by atoms with Crippen LogP contribution >= 0.6 is 12.4 Å². The minimum atomic E-state index is -0.906. The van der Waals surface area contributed by atoms with Gasteiger partial charge in [0, 0.05) is 30.7 Å². The standard InChI is InChI=1S/C28H43N3O3.ClH/c1-19(2)31(22-11-9-14-29-18-22)26(32)23-17-24-25(16-20(23)3)34-28(4,5)27(33)30(24)15-8-6-7-10-21-12-13-21;/h16-17,19,21-22,29H,6-15,18H2,1-5H3;1H/t22-;/m1./s1. The zero-order valence-corrected chi connectivity index (χ0v) is 23.0. The number of hydrogen-bond acceptors (Lipinski definition) is 4. The second-order valence-corrected chi connectivity index (χ2v) is 11.3. The number of fused-ring (bicyclic) bond motifs is 1. The Labute approximate surface area is 217 Å². The van der Waals surface area contributed by atoms with Crippen molar-refractivity contribution in [3.05, 3.63) is 23.3 Å². The number of nitrogens with one attached hydrogen (secondary N) is 1. The lowest BCUT2D eigenvalue weighted by molar-refractivity contribution is -0.132. The molecule has 2 fully saturated rings. The van der Waals surface area contributed by atoms with E-state index in [4.69, 9.17) is 4.74 Å². The van der Waals surface area contributed by atoms with Crippen LogP contribution in [-0.2, 0) is 4.79 Å². The summed E-state index contributed by atoms with van der Waals surface area (Å²) in [5.41, 5.74) is 1.41. The van der Waals surface area contributed by atoms with Crippen molar-refractivity contribution >= 4 is 29.9 Å². The van der Waals surface area contributed by atoms with E-state index in [9.17, 15) is 9.59 Å². The Morgan fingerprint density at radius 1 is 1.20 bits per heavy atom. The third kappa shape index (κ3) is 6.32. The van der Waals surface area contributed by atoms with Crippen LogP contribution in [0.2, 0.25) is 0 Å². The lowest BCUT2D eigenvalue weighted by atomic mass is 9.97. The molecule has 6 nitrogen and oxygen atoms in total. The Hall–Kier alpha value is -1.79. The summed E-state index contributed by atoms with van der Waals surface area (Å²) < 4.78 is 6.14. The molecule has 2 aliphatic heterocycles. The van der Waals surface area contributed by atoms with E-state index in [1.54, 1.807) is 0 Å². The van der Waals surface area contributed by atoms with E-state index in [2.05, 4.69) is 19.2 Å². The summed E-state index contributed by atoms with van der Waals surface area (Å²) in [6, 6.07) is 4.16. The van der Waals surface area contributed by atoms with Crippen molar-refractivity contribution in [1.82, 2.24) is 10.2 Å². The van der Waals surface area contributed by atoms with Crippen molar-refractivity contribution in [2.45, 2.75) is 104 Å². The van der Waals surface area contributed by atoms with Gasteiger partial charge in [-0.3, -0.25) is 9.59 Å². The zero-order valence-electron chi connectivity index (χ0n) is 22.2. The van der Waals surface area contributed by atoms with Crippen LogP contribution in [-0.4, -0.2) is 54.0 Å². The number of rotatable bonds is 9. The minimum absolute atomic E-state index is 0. The molecule has 0 aromatic heterocycles. The van der Waals surface area contributed by atoms with Crippen molar-refractivity contribution in [3.63, 3.8) is 0 Å². The fourth-order valence-electron chi connectivity index (χ4n) is 5.49. The molecule has 1 aromatic rings. The maximum Gasteiger partial charge on any atom is 0.270 e. The second-order valence-electron chi connectivity index (χ2n) is 11.3. The quantitative estimate of drug-likeness (QED) is 0.450. The fourth-order valence-corrected chi connectivity index (χ4v) is 5.49. The molecule has 2 amide bonds. The molecule has 1 N–H and O–H groups in total. The molecule has 7 heteroatoms. The number of carbonyl (C=O) groups excluding carboxylic acids is 2. The summed E-state index contributed by atoms with van der Waals surface area (Å²) >= 11 is 0. The predicted molar refractivity (Wildman–Crippen MR) is 144 cm³/mol. The number of anilines is 1. The van der Waals surface area contributed by atoms with Gasteiger partial charge in [0.05, 0.1) is 5.69 Å². The molecule has 1 aromatic carbocycles. The number of benzene rings is 1. The first-order valence-corrected chi connectivity index (χ1v) is 13.4. The number of piperidine rings is 1. The smallest absolute Gasteiger partial charge is 0.270 e. The molecule has 0 spiro atoms. The third-order valence-corrected chi connectivity index (χ3v) is 7.60. The average Bonchev–Trinajstić information content (AvgIpc) is 3.60. The van der Waals surface area contributed by atoms with Gasteiger partial charge < -0.3 is 19.9 Å². The molecule has 1 aliphatic carbocycles. The van der Waals surface area contributed by atoms with Crippen molar-refractivity contribution in [2.75, 3.05) is 24.5 Å². The summed E-state index contributed by atoms with van der Waals surface area (Å²) in [5.74, 6) is 1.67. The van der Waals surface area contributed by atoms with Gasteiger partial charge in [0.15, 0.2) is 5.60 Å². The van der Waals surface area contributed by atoms with Crippen molar-refractivity contribution < 1.29 is 14.3 Å². The van der Waals surface area contributed by atoms with E-state index >= 15 is 0 Å². The summed E-state index contributed by atoms with van der Waals surface area (Å²) in [5, 5.41) is 3.44. The molecule has 35 heavy (non-hydrogen) atoms. The van der Waals surface area contributed by atoms with Gasteiger partial charge >= 0.3 is 0 Å². The number of nitrogens with zero attached hydrogens (tertiary/aromatic N) is 2. The van der Waals surface area contributed by atoms with Gasteiger partial charge in [0.1, 0.15) is 5.75 Å². The highest BCUT2D eigenvalue weighted by Crippen LogP contribution is 2.40. The molecule has 1 saturated carbocycles. The van der Waals surface area contributed by atoms with E-state index in [1.807, 2.05) is 42.7 Å². The van der Waals surface area contributed by atoms with Crippen LogP contribution in [0.1, 0.15) is 95.0 Å².